The van der Waals surface area contributed by atoms with E-state index in [-0.39, 0.29) is 0 Å². The summed E-state index contributed by atoms with van der Waals surface area (Å²) in [6.45, 7) is 6.83. The summed E-state index contributed by atoms with van der Waals surface area (Å²) in [6.07, 6.45) is 12.2. The highest BCUT2D eigenvalue weighted by Crippen LogP contribution is 2.62. The van der Waals surface area contributed by atoms with Crippen LogP contribution in [-0.4, -0.2) is 5.78 Å². The van der Waals surface area contributed by atoms with E-state index in [9.17, 15) is 4.79 Å². The Morgan fingerprint density at radius 2 is 2.05 bits per heavy atom. The van der Waals surface area contributed by atoms with E-state index in [0.29, 0.717) is 23.5 Å². The van der Waals surface area contributed by atoms with Gasteiger partial charge in [0.1, 0.15) is 0 Å². The highest BCUT2D eigenvalue weighted by atomic mass is 16.1. The molecule has 20 heavy (non-hydrogen) atoms. The van der Waals surface area contributed by atoms with Crippen molar-refractivity contribution in [1.82, 2.24) is 0 Å². The SMILES string of the molecule is C=C1CC(=O)C=C2CC[C@@H]3[C@H](CC[C@]4(C)CCC[C@@H]34)[C@@H]12. The molecule has 0 aromatic carbocycles. The molecule has 0 amide bonds. The minimum atomic E-state index is 0.293. The number of rotatable bonds is 0. The predicted octanol–water partition coefficient (Wildman–Crippen LogP) is 4.68. The van der Waals surface area contributed by atoms with Crippen LogP contribution in [0.2, 0.25) is 0 Å². The van der Waals surface area contributed by atoms with Crippen LogP contribution in [0.1, 0.15) is 58.3 Å². The van der Waals surface area contributed by atoms with Crippen molar-refractivity contribution in [3.8, 4) is 0 Å². The van der Waals surface area contributed by atoms with Gasteiger partial charge in [-0.15, -0.1) is 0 Å². The molecule has 1 nitrogen and oxygen atoms in total. The molecular formula is C19H26O. The average Bonchev–Trinajstić information content (AvgIpc) is 2.79. The third-order valence-electron chi connectivity index (χ3n) is 7.06. The van der Waals surface area contributed by atoms with Gasteiger partial charge in [-0.25, -0.2) is 0 Å². The minimum Gasteiger partial charge on any atom is -0.295 e. The van der Waals surface area contributed by atoms with Crippen LogP contribution < -0.4 is 0 Å². The number of carbonyl (C=O) groups is 1. The molecule has 1 heteroatoms. The Labute approximate surface area is 122 Å². The zero-order chi connectivity index (χ0) is 13.9. The van der Waals surface area contributed by atoms with Crippen molar-refractivity contribution in [2.45, 2.75) is 58.3 Å². The molecule has 0 heterocycles. The summed E-state index contributed by atoms with van der Waals surface area (Å²) in [6, 6.07) is 0. The number of hydrogen-bond acceptors (Lipinski definition) is 1. The quantitative estimate of drug-likeness (QED) is 0.584. The predicted molar refractivity (Wildman–Crippen MR) is 81.2 cm³/mol. The van der Waals surface area contributed by atoms with Gasteiger partial charge in [0.15, 0.2) is 5.78 Å². The maximum absolute atomic E-state index is 11.8. The van der Waals surface area contributed by atoms with Gasteiger partial charge in [0.25, 0.3) is 0 Å². The first-order chi connectivity index (χ1) is 9.58. The summed E-state index contributed by atoms with van der Waals surface area (Å²) in [7, 11) is 0. The Kier molecular flexibility index (Phi) is 2.78. The first-order valence-electron chi connectivity index (χ1n) is 8.49. The molecule has 108 valence electrons. The van der Waals surface area contributed by atoms with Crippen molar-refractivity contribution in [2.75, 3.05) is 0 Å². The van der Waals surface area contributed by atoms with Gasteiger partial charge in [0, 0.05) is 12.3 Å². The van der Waals surface area contributed by atoms with Gasteiger partial charge in [-0.1, -0.05) is 31.1 Å². The lowest BCUT2D eigenvalue weighted by Crippen LogP contribution is -2.45. The Morgan fingerprint density at radius 3 is 2.90 bits per heavy atom. The fourth-order valence-electron chi connectivity index (χ4n) is 6.22. The van der Waals surface area contributed by atoms with Crippen LogP contribution >= 0.6 is 0 Å². The molecule has 0 aliphatic heterocycles. The van der Waals surface area contributed by atoms with Crippen molar-refractivity contribution in [3.05, 3.63) is 23.8 Å². The normalized spacial score (nSPS) is 47.4. The van der Waals surface area contributed by atoms with Crippen LogP contribution in [0.25, 0.3) is 0 Å². The largest absolute Gasteiger partial charge is 0.295 e. The molecule has 4 aliphatic rings. The summed E-state index contributed by atoms with van der Waals surface area (Å²) in [5, 5.41) is 0. The summed E-state index contributed by atoms with van der Waals surface area (Å²) in [4.78, 5) is 11.8. The topological polar surface area (TPSA) is 17.1 Å². The second-order valence-electron chi connectivity index (χ2n) is 8.06. The van der Waals surface area contributed by atoms with Gasteiger partial charge >= 0.3 is 0 Å². The third kappa shape index (κ3) is 1.71. The lowest BCUT2D eigenvalue weighted by molar-refractivity contribution is -0.114. The van der Waals surface area contributed by atoms with Crippen LogP contribution in [0.4, 0.5) is 0 Å². The second-order valence-corrected chi connectivity index (χ2v) is 8.06. The number of hydrogen-bond donors (Lipinski definition) is 0. The van der Waals surface area contributed by atoms with E-state index in [4.69, 9.17) is 0 Å². The molecule has 0 aromatic rings. The molecule has 4 aliphatic carbocycles. The maximum atomic E-state index is 11.8. The number of fused-ring (bicyclic) bond motifs is 5. The lowest BCUT2D eigenvalue weighted by Gasteiger charge is -2.53. The molecular weight excluding hydrogens is 244 g/mol. The molecule has 5 atom stereocenters. The fourth-order valence-corrected chi connectivity index (χ4v) is 6.22. The molecule has 3 saturated carbocycles. The van der Waals surface area contributed by atoms with E-state index in [2.05, 4.69) is 13.5 Å². The lowest BCUT2D eigenvalue weighted by atomic mass is 9.52. The van der Waals surface area contributed by atoms with Crippen molar-refractivity contribution < 1.29 is 4.79 Å². The van der Waals surface area contributed by atoms with Gasteiger partial charge in [-0.2, -0.15) is 0 Å². The summed E-state index contributed by atoms with van der Waals surface area (Å²) < 4.78 is 0. The summed E-state index contributed by atoms with van der Waals surface area (Å²) >= 11 is 0. The van der Waals surface area contributed by atoms with Crippen molar-refractivity contribution in [3.63, 3.8) is 0 Å². The summed E-state index contributed by atoms with van der Waals surface area (Å²) in [5.41, 5.74) is 3.28. The van der Waals surface area contributed by atoms with Crippen molar-refractivity contribution in [1.29, 1.82) is 0 Å². The molecule has 0 unspecified atom stereocenters. The zero-order valence-corrected chi connectivity index (χ0v) is 12.7. The Bertz CT molecular complexity index is 500. The fraction of sp³-hybridized carbons (Fsp3) is 0.737. The van der Waals surface area contributed by atoms with Crippen LogP contribution in [0.5, 0.6) is 0 Å². The van der Waals surface area contributed by atoms with Crippen LogP contribution in [0.3, 0.4) is 0 Å². The molecule has 4 rings (SSSR count). The molecule has 0 aromatic heterocycles. The smallest absolute Gasteiger partial charge is 0.159 e. The van der Waals surface area contributed by atoms with Crippen molar-refractivity contribution >= 4 is 5.78 Å². The van der Waals surface area contributed by atoms with Crippen LogP contribution in [0.15, 0.2) is 23.8 Å². The Morgan fingerprint density at radius 1 is 1.20 bits per heavy atom. The third-order valence-corrected chi connectivity index (χ3v) is 7.06. The van der Waals surface area contributed by atoms with Gasteiger partial charge in [-0.3, -0.25) is 4.79 Å². The van der Waals surface area contributed by atoms with Gasteiger partial charge < -0.3 is 0 Å². The monoisotopic (exact) mass is 270 g/mol. The zero-order valence-electron chi connectivity index (χ0n) is 12.7. The highest BCUT2D eigenvalue weighted by Gasteiger charge is 2.52. The maximum Gasteiger partial charge on any atom is 0.159 e. The number of allylic oxidation sites excluding steroid dienone is 2. The Hall–Kier alpha value is -0.850. The van der Waals surface area contributed by atoms with Crippen LogP contribution in [0, 0.1) is 29.1 Å². The van der Waals surface area contributed by atoms with E-state index >= 15 is 0 Å². The first kappa shape index (κ1) is 12.9. The van der Waals surface area contributed by atoms with E-state index < -0.39 is 0 Å². The minimum absolute atomic E-state index is 0.293. The average molecular weight is 270 g/mol. The van der Waals surface area contributed by atoms with E-state index in [1.165, 1.54) is 49.7 Å². The molecule has 0 saturated heterocycles. The van der Waals surface area contributed by atoms with Crippen molar-refractivity contribution in [2.24, 2.45) is 29.1 Å². The number of carbonyl (C=O) groups excluding carboxylic acids is 1. The molecule has 3 fully saturated rings. The molecule has 0 bridgehead atoms. The first-order valence-corrected chi connectivity index (χ1v) is 8.49. The molecule has 0 spiro atoms. The van der Waals surface area contributed by atoms with E-state index in [1.807, 2.05) is 6.08 Å². The van der Waals surface area contributed by atoms with E-state index in [1.54, 1.807) is 0 Å². The van der Waals surface area contributed by atoms with Gasteiger partial charge in [-0.05, 0) is 67.8 Å². The van der Waals surface area contributed by atoms with E-state index in [0.717, 1.165) is 24.2 Å². The highest BCUT2D eigenvalue weighted by molar-refractivity contribution is 5.93. The Balaban J connectivity index is 1.68. The molecule has 0 N–H and O–H groups in total. The standard InChI is InChI=1S/C19H26O/c1-12-10-14(20)11-13-5-6-15-16(18(12)13)7-9-19(2)8-3-4-17(15)19/h11,15-18H,1,3-10H2,2H3/t15-,16+,17+,18+,19+/m1/s1. The number of ketones is 1. The van der Waals surface area contributed by atoms with Gasteiger partial charge in [0.2, 0.25) is 0 Å². The molecule has 0 radical (unpaired) electrons. The van der Waals surface area contributed by atoms with Gasteiger partial charge in [0.05, 0.1) is 0 Å². The van der Waals surface area contributed by atoms with Crippen LogP contribution in [-0.2, 0) is 4.79 Å². The summed E-state index contributed by atoms with van der Waals surface area (Å²) in [5.74, 6) is 3.50. The second kappa shape index (κ2) is 4.32.